The molecule has 7 nitrogen and oxygen atoms in total. The zero-order chi connectivity index (χ0) is 19.9. The van der Waals surface area contributed by atoms with Crippen LogP contribution in [0, 0.1) is 6.92 Å². The molecule has 2 aromatic carbocycles. The topological polar surface area (TPSA) is 93.7 Å². The van der Waals surface area contributed by atoms with Crippen LogP contribution < -0.4 is 19.5 Å². The van der Waals surface area contributed by atoms with Crippen molar-refractivity contribution < 1.29 is 22.7 Å². The Hall–Kier alpha value is -2.58. The lowest BCUT2D eigenvalue weighted by Crippen LogP contribution is -2.34. The van der Waals surface area contributed by atoms with E-state index in [9.17, 15) is 13.2 Å². The molecular formula is C19H24N2O5S. The van der Waals surface area contributed by atoms with Crippen LogP contribution in [0.15, 0.2) is 47.4 Å². The Kier molecular flexibility index (Phi) is 7.20. The summed E-state index contributed by atoms with van der Waals surface area (Å²) in [6.07, 6.45) is 0. The molecule has 27 heavy (non-hydrogen) atoms. The molecule has 2 N–H and O–H groups in total. The van der Waals surface area contributed by atoms with Gasteiger partial charge in [-0.25, -0.2) is 13.1 Å². The van der Waals surface area contributed by atoms with E-state index in [0.29, 0.717) is 23.7 Å². The highest BCUT2D eigenvalue weighted by molar-refractivity contribution is 7.89. The molecule has 2 rings (SSSR count). The fourth-order valence-electron chi connectivity index (χ4n) is 2.35. The molecule has 0 bridgehead atoms. The number of sulfonamides is 1. The van der Waals surface area contributed by atoms with Gasteiger partial charge in [-0.2, -0.15) is 0 Å². The second kappa shape index (κ2) is 9.38. The van der Waals surface area contributed by atoms with Crippen LogP contribution in [0.1, 0.15) is 22.8 Å². The van der Waals surface area contributed by atoms with Gasteiger partial charge in [0.2, 0.25) is 10.0 Å². The molecule has 0 saturated heterocycles. The van der Waals surface area contributed by atoms with Crippen LogP contribution in [0.25, 0.3) is 0 Å². The number of benzene rings is 2. The van der Waals surface area contributed by atoms with E-state index in [0.717, 1.165) is 5.56 Å². The number of methoxy groups -OCH3 is 1. The number of nitrogens with one attached hydrogen (secondary N) is 2. The quantitative estimate of drug-likeness (QED) is 0.638. The number of aryl methyl sites for hydroxylation is 1. The molecule has 146 valence electrons. The number of rotatable bonds is 9. The van der Waals surface area contributed by atoms with Crippen molar-refractivity contribution in [3.8, 4) is 11.5 Å². The summed E-state index contributed by atoms with van der Waals surface area (Å²) in [6.45, 7) is 4.40. The van der Waals surface area contributed by atoms with E-state index in [-0.39, 0.29) is 23.9 Å². The van der Waals surface area contributed by atoms with Gasteiger partial charge in [0, 0.05) is 18.7 Å². The van der Waals surface area contributed by atoms with Gasteiger partial charge >= 0.3 is 0 Å². The highest BCUT2D eigenvalue weighted by Crippen LogP contribution is 2.27. The molecule has 0 aliphatic rings. The van der Waals surface area contributed by atoms with Crippen molar-refractivity contribution in [3.05, 3.63) is 53.6 Å². The number of ether oxygens (including phenoxy) is 2. The van der Waals surface area contributed by atoms with Crippen LogP contribution >= 0.6 is 0 Å². The lowest BCUT2D eigenvalue weighted by Gasteiger charge is -2.11. The van der Waals surface area contributed by atoms with Crippen molar-refractivity contribution >= 4 is 15.9 Å². The average Bonchev–Trinajstić information content (AvgIpc) is 2.65. The lowest BCUT2D eigenvalue weighted by molar-refractivity contribution is 0.0954. The molecule has 0 spiro atoms. The Morgan fingerprint density at radius 3 is 2.37 bits per heavy atom. The molecule has 0 fully saturated rings. The molecule has 0 radical (unpaired) electrons. The van der Waals surface area contributed by atoms with Crippen LogP contribution in [0.5, 0.6) is 11.5 Å². The van der Waals surface area contributed by atoms with E-state index in [4.69, 9.17) is 9.47 Å². The molecule has 0 saturated carbocycles. The number of hydrogen-bond acceptors (Lipinski definition) is 5. The van der Waals surface area contributed by atoms with Gasteiger partial charge in [0.15, 0.2) is 11.5 Å². The lowest BCUT2D eigenvalue weighted by atomic mass is 10.2. The summed E-state index contributed by atoms with van der Waals surface area (Å²) in [5.74, 6) is 0.695. The predicted octanol–water partition coefficient (Wildman–Crippen LogP) is 2.11. The van der Waals surface area contributed by atoms with E-state index in [1.54, 1.807) is 42.5 Å². The largest absolute Gasteiger partial charge is 0.493 e. The second-order valence-corrected chi connectivity index (χ2v) is 7.53. The number of carbonyl (C=O) groups is 1. The molecule has 2 aromatic rings. The minimum absolute atomic E-state index is 0.0798. The summed E-state index contributed by atoms with van der Waals surface area (Å²) in [7, 11) is -2.07. The Labute approximate surface area is 159 Å². The maximum absolute atomic E-state index is 12.2. The van der Waals surface area contributed by atoms with Crippen LogP contribution in [0.3, 0.4) is 0 Å². The van der Waals surface area contributed by atoms with Crippen LogP contribution in [0.2, 0.25) is 0 Å². The van der Waals surface area contributed by atoms with Crippen molar-refractivity contribution in [3.63, 3.8) is 0 Å². The SMILES string of the molecule is CCOc1cc(C(=O)NCCNS(=O)(=O)c2ccc(C)cc2)ccc1OC. The normalized spacial score (nSPS) is 11.1. The van der Waals surface area contributed by atoms with Gasteiger partial charge < -0.3 is 14.8 Å². The Morgan fingerprint density at radius 1 is 1.04 bits per heavy atom. The molecular weight excluding hydrogens is 368 g/mol. The zero-order valence-electron chi connectivity index (χ0n) is 15.6. The number of hydrogen-bond donors (Lipinski definition) is 2. The van der Waals surface area contributed by atoms with Gasteiger partial charge in [0.1, 0.15) is 0 Å². The maximum atomic E-state index is 12.2. The molecule has 0 aromatic heterocycles. The fraction of sp³-hybridized carbons (Fsp3) is 0.316. The smallest absolute Gasteiger partial charge is 0.251 e. The first kappa shape index (κ1) is 20.7. The highest BCUT2D eigenvalue weighted by atomic mass is 32.2. The number of amides is 1. The first-order valence-electron chi connectivity index (χ1n) is 8.52. The summed E-state index contributed by atoms with van der Waals surface area (Å²) in [5.41, 5.74) is 1.38. The molecule has 0 aliphatic carbocycles. The fourth-order valence-corrected chi connectivity index (χ4v) is 3.38. The Bertz CT molecular complexity index is 879. The summed E-state index contributed by atoms with van der Waals surface area (Å²) in [6, 6.07) is 11.4. The molecule has 1 amide bonds. The van der Waals surface area contributed by atoms with E-state index in [1.807, 2.05) is 13.8 Å². The van der Waals surface area contributed by atoms with E-state index in [2.05, 4.69) is 10.0 Å². The standard InChI is InChI=1S/C19H24N2O5S/c1-4-26-18-13-15(7-10-17(18)25-3)19(22)20-11-12-21-27(23,24)16-8-5-14(2)6-9-16/h5-10,13,21H,4,11-12H2,1-3H3,(H,20,22). The molecule has 8 heteroatoms. The molecule has 0 heterocycles. The van der Waals surface area contributed by atoms with Crippen LogP contribution in [0.4, 0.5) is 0 Å². The summed E-state index contributed by atoms with van der Waals surface area (Å²) in [4.78, 5) is 12.4. The van der Waals surface area contributed by atoms with Gasteiger partial charge in [-0.1, -0.05) is 17.7 Å². The van der Waals surface area contributed by atoms with Crippen LogP contribution in [-0.2, 0) is 10.0 Å². The Morgan fingerprint density at radius 2 is 1.74 bits per heavy atom. The van der Waals surface area contributed by atoms with Crippen molar-refractivity contribution in [1.82, 2.24) is 10.0 Å². The Balaban J connectivity index is 1.90. The van der Waals surface area contributed by atoms with Gasteiger partial charge in [0.25, 0.3) is 5.91 Å². The second-order valence-electron chi connectivity index (χ2n) is 5.77. The van der Waals surface area contributed by atoms with Crippen molar-refractivity contribution in [1.29, 1.82) is 0 Å². The van der Waals surface area contributed by atoms with Gasteiger partial charge in [0.05, 0.1) is 18.6 Å². The zero-order valence-corrected chi connectivity index (χ0v) is 16.4. The highest BCUT2D eigenvalue weighted by Gasteiger charge is 2.14. The van der Waals surface area contributed by atoms with Crippen molar-refractivity contribution in [2.75, 3.05) is 26.8 Å². The monoisotopic (exact) mass is 392 g/mol. The number of carbonyl (C=O) groups excluding carboxylic acids is 1. The minimum atomic E-state index is -3.60. The van der Waals surface area contributed by atoms with E-state index < -0.39 is 10.0 Å². The summed E-state index contributed by atoms with van der Waals surface area (Å²) < 4.78 is 37.5. The minimum Gasteiger partial charge on any atom is -0.493 e. The van der Waals surface area contributed by atoms with E-state index in [1.165, 1.54) is 7.11 Å². The van der Waals surface area contributed by atoms with Gasteiger partial charge in [-0.15, -0.1) is 0 Å². The van der Waals surface area contributed by atoms with Crippen molar-refractivity contribution in [2.24, 2.45) is 0 Å². The third-order valence-electron chi connectivity index (χ3n) is 3.76. The summed E-state index contributed by atoms with van der Waals surface area (Å²) in [5, 5.41) is 2.68. The predicted molar refractivity (Wildman–Crippen MR) is 103 cm³/mol. The van der Waals surface area contributed by atoms with Crippen LogP contribution in [-0.4, -0.2) is 41.1 Å². The summed E-state index contributed by atoms with van der Waals surface area (Å²) >= 11 is 0. The van der Waals surface area contributed by atoms with Gasteiger partial charge in [-0.3, -0.25) is 4.79 Å². The maximum Gasteiger partial charge on any atom is 0.251 e. The average molecular weight is 392 g/mol. The third-order valence-corrected chi connectivity index (χ3v) is 5.24. The first-order chi connectivity index (χ1) is 12.9. The van der Waals surface area contributed by atoms with Crippen molar-refractivity contribution in [2.45, 2.75) is 18.7 Å². The first-order valence-corrected chi connectivity index (χ1v) is 10.0. The molecule has 0 aliphatic heterocycles. The molecule has 0 unspecified atom stereocenters. The molecule has 0 atom stereocenters. The van der Waals surface area contributed by atoms with E-state index >= 15 is 0 Å². The van der Waals surface area contributed by atoms with Gasteiger partial charge in [-0.05, 0) is 44.2 Å². The third kappa shape index (κ3) is 5.70.